The van der Waals surface area contributed by atoms with Crippen molar-refractivity contribution in [1.82, 2.24) is 15.2 Å². The highest BCUT2D eigenvalue weighted by molar-refractivity contribution is 7.22. The fourth-order valence-electron chi connectivity index (χ4n) is 4.44. The number of aromatic amines is 1. The van der Waals surface area contributed by atoms with Crippen molar-refractivity contribution >= 4 is 56.6 Å². The van der Waals surface area contributed by atoms with Gasteiger partial charge in [-0.3, -0.25) is 14.4 Å². The lowest BCUT2D eigenvalue weighted by molar-refractivity contribution is -0.133. The van der Waals surface area contributed by atoms with Gasteiger partial charge in [0.05, 0.1) is 10.4 Å². The fraction of sp³-hybridized carbons (Fsp3) is 0.348. The maximum absolute atomic E-state index is 13.4. The molecule has 2 aromatic heterocycles. The quantitative estimate of drug-likeness (QED) is 0.527. The first-order chi connectivity index (χ1) is 15.9. The zero-order chi connectivity index (χ0) is 23.1. The number of carbonyl (C=O) groups excluding carboxylic acids is 3. The Kier molecular flexibility index (Phi) is 5.86. The minimum absolute atomic E-state index is 0.102. The van der Waals surface area contributed by atoms with Gasteiger partial charge in [-0.15, -0.1) is 11.3 Å². The van der Waals surface area contributed by atoms with Gasteiger partial charge in [-0.2, -0.15) is 0 Å². The molecule has 3 amide bonds. The van der Waals surface area contributed by atoms with Crippen molar-refractivity contribution in [3.05, 3.63) is 52.0 Å². The van der Waals surface area contributed by atoms with E-state index in [1.807, 2.05) is 24.3 Å². The van der Waals surface area contributed by atoms with E-state index < -0.39 is 6.04 Å². The van der Waals surface area contributed by atoms with E-state index in [0.717, 1.165) is 15.8 Å². The molecule has 3 aromatic rings. The topological polar surface area (TPSA) is 106 Å². The van der Waals surface area contributed by atoms with Crippen molar-refractivity contribution in [2.45, 2.75) is 31.4 Å². The number of hydrogen-bond acceptors (Lipinski definition) is 5. The summed E-state index contributed by atoms with van der Waals surface area (Å²) in [5.41, 5.74) is 1.94. The summed E-state index contributed by atoms with van der Waals surface area (Å²) in [4.78, 5) is 46.2. The SMILES string of the molecule is O=C(NC1Cc2ccccc2N(CC(=O)N2CCC(O)CC2)C1=O)c1cc2cc(Cl)sc2[nH]1. The normalized spacial score (nSPS) is 19.1. The Labute approximate surface area is 199 Å². The van der Waals surface area contributed by atoms with Crippen LogP contribution in [0.5, 0.6) is 0 Å². The standard InChI is InChI=1S/C23H23ClN4O4S/c24-19-11-14-10-16(26-22(14)33-19)21(31)25-17-9-13-3-1-2-4-18(13)28(23(17)32)12-20(30)27-7-5-15(29)6-8-27/h1-4,10-11,15,17,26,29H,5-9,12H2,(H,25,31). The number of likely N-dealkylation sites (tertiary alicyclic amines) is 1. The molecule has 8 nitrogen and oxygen atoms in total. The van der Waals surface area contributed by atoms with E-state index >= 15 is 0 Å². The molecule has 0 spiro atoms. The summed E-state index contributed by atoms with van der Waals surface area (Å²) < 4.78 is 0.630. The van der Waals surface area contributed by atoms with Crippen LogP contribution in [0.15, 0.2) is 36.4 Å². The Hall–Kier alpha value is -2.88. The van der Waals surface area contributed by atoms with E-state index in [2.05, 4.69) is 10.3 Å². The number of amides is 3. The molecule has 1 unspecified atom stereocenters. The van der Waals surface area contributed by atoms with Gasteiger partial charge in [0.2, 0.25) is 11.8 Å². The molecule has 0 aliphatic carbocycles. The van der Waals surface area contributed by atoms with E-state index in [1.54, 1.807) is 17.0 Å². The molecule has 4 heterocycles. The van der Waals surface area contributed by atoms with Crippen LogP contribution in [0.3, 0.4) is 0 Å². The van der Waals surface area contributed by atoms with Crippen molar-refractivity contribution in [2.75, 3.05) is 24.5 Å². The number of H-pyrrole nitrogens is 1. The minimum atomic E-state index is -0.784. The van der Waals surface area contributed by atoms with E-state index in [4.69, 9.17) is 11.6 Å². The van der Waals surface area contributed by atoms with Gasteiger partial charge in [0.25, 0.3) is 5.91 Å². The predicted octanol–water partition coefficient (Wildman–Crippen LogP) is 2.55. The summed E-state index contributed by atoms with van der Waals surface area (Å²) in [6, 6.07) is 10.1. The van der Waals surface area contributed by atoms with Crippen LogP contribution in [0.2, 0.25) is 4.34 Å². The molecule has 1 fully saturated rings. The van der Waals surface area contributed by atoms with Crippen LogP contribution < -0.4 is 10.2 Å². The molecule has 10 heteroatoms. The largest absolute Gasteiger partial charge is 0.393 e. The number of halogens is 1. The van der Waals surface area contributed by atoms with Crippen LogP contribution in [-0.4, -0.2) is 64.5 Å². The Morgan fingerprint density at radius 1 is 1.21 bits per heavy atom. The van der Waals surface area contributed by atoms with Gasteiger partial charge in [-0.1, -0.05) is 29.8 Å². The monoisotopic (exact) mass is 486 g/mol. The summed E-state index contributed by atoms with van der Waals surface area (Å²) in [7, 11) is 0. The lowest BCUT2D eigenvalue weighted by Crippen LogP contribution is -2.55. The molecule has 0 bridgehead atoms. The number of aliphatic hydroxyl groups is 1. The lowest BCUT2D eigenvalue weighted by Gasteiger charge is -2.36. The van der Waals surface area contributed by atoms with Crippen LogP contribution in [0.4, 0.5) is 5.69 Å². The number of aromatic nitrogens is 1. The Morgan fingerprint density at radius 3 is 2.73 bits per heavy atom. The number of anilines is 1. The van der Waals surface area contributed by atoms with Crippen molar-refractivity contribution < 1.29 is 19.5 Å². The third-order valence-electron chi connectivity index (χ3n) is 6.21. The second kappa shape index (κ2) is 8.81. The number of nitrogens with one attached hydrogen (secondary N) is 2. The number of hydrogen-bond donors (Lipinski definition) is 3. The number of piperidine rings is 1. The first kappa shape index (κ1) is 21.9. The van der Waals surface area contributed by atoms with Crippen LogP contribution >= 0.6 is 22.9 Å². The zero-order valence-corrected chi connectivity index (χ0v) is 19.3. The molecule has 2 aliphatic rings. The second-order valence-electron chi connectivity index (χ2n) is 8.41. The number of aliphatic hydroxyl groups excluding tert-OH is 1. The van der Waals surface area contributed by atoms with Crippen LogP contribution in [0.25, 0.3) is 10.2 Å². The van der Waals surface area contributed by atoms with E-state index in [0.29, 0.717) is 48.1 Å². The molecule has 5 rings (SSSR count). The lowest BCUT2D eigenvalue weighted by atomic mass is 9.96. The molecule has 1 saturated heterocycles. The Bertz CT molecular complexity index is 1200. The van der Waals surface area contributed by atoms with Gasteiger partial charge in [-0.05, 0) is 36.6 Å². The highest BCUT2D eigenvalue weighted by Gasteiger charge is 2.36. The van der Waals surface area contributed by atoms with Crippen LogP contribution in [0, 0.1) is 0 Å². The van der Waals surface area contributed by atoms with Crippen molar-refractivity contribution in [3.8, 4) is 0 Å². The third kappa shape index (κ3) is 4.36. The molecule has 33 heavy (non-hydrogen) atoms. The van der Waals surface area contributed by atoms with E-state index in [9.17, 15) is 19.5 Å². The van der Waals surface area contributed by atoms with Crippen molar-refractivity contribution in [2.24, 2.45) is 0 Å². The van der Waals surface area contributed by atoms with Crippen molar-refractivity contribution in [3.63, 3.8) is 0 Å². The van der Waals surface area contributed by atoms with E-state index in [1.165, 1.54) is 16.2 Å². The summed E-state index contributed by atoms with van der Waals surface area (Å²) >= 11 is 7.35. The van der Waals surface area contributed by atoms with Gasteiger partial charge < -0.3 is 25.2 Å². The predicted molar refractivity (Wildman–Crippen MR) is 127 cm³/mol. The molecule has 1 atom stereocenters. The molecule has 2 aliphatic heterocycles. The smallest absolute Gasteiger partial charge is 0.268 e. The number of thiophene rings is 1. The highest BCUT2D eigenvalue weighted by atomic mass is 35.5. The van der Waals surface area contributed by atoms with Crippen molar-refractivity contribution in [1.29, 1.82) is 0 Å². The summed E-state index contributed by atoms with van der Waals surface area (Å²) in [6.07, 6.45) is 1.04. The van der Waals surface area contributed by atoms with Gasteiger partial charge in [-0.25, -0.2) is 0 Å². The average molecular weight is 487 g/mol. The number of fused-ring (bicyclic) bond motifs is 2. The molecule has 0 saturated carbocycles. The second-order valence-corrected chi connectivity index (χ2v) is 10.1. The summed E-state index contributed by atoms with van der Waals surface area (Å²) in [5, 5.41) is 13.4. The molecule has 3 N–H and O–H groups in total. The maximum Gasteiger partial charge on any atom is 0.268 e. The van der Waals surface area contributed by atoms with E-state index in [-0.39, 0.29) is 30.4 Å². The van der Waals surface area contributed by atoms with Gasteiger partial charge in [0, 0.05) is 30.6 Å². The van der Waals surface area contributed by atoms with Gasteiger partial charge >= 0.3 is 0 Å². The number of nitrogens with zero attached hydrogens (tertiary/aromatic N) is 2. The third-order valence-corrected chi connectivity index (χ3v) is 7.41. The van der Waals surface area contributed by atoms with Gasteiger partial charge in [0.1, 0.15) is 23.1 Å². The number of benzene rings is 1. The molecule has 172 valence electrons. The highest BCUT2D eigenvalue weighted by Crippen LogP contribution is 2.30. The Balaban J connectivity index is 1.34. The number of rotatable bonds is 4. The van der Waals surface area contributed by atoms with Crippen LogP contribution in [-0.2, 0) is 16.0 Å². The number of para-hydroxylation sites is 1. The molecule has 0 radical (unpaired) electrons. The average Bonchev–Trinajstić information content (AvgIpc) is 3.34. The van der Waals surface area contributed by atoms with Crippen LogP contribution in [0.1, 0.15) is 28.9 Å². The molecular weight excluding hydrogens is 464 g/mol. The summed E-state index contributed by atoms with van der Waals surface area (Å²) in [6.45, 7) is 0.838. The first-order valence-electron chi connectivity index (χ1n) is 10.8. The summed E-state index contributed by atoms with van der Waals surface area (Å²) in [5.74, 6) is -0.870. The van der Waals surface area contributed by atoms with Gasteiger partial charge in [0.15, 0.2) is 0 Å². The molecule has 1 aromatic carbocycles. The number of carbonyl (C=O) groups is 3. The first-order valence-corrected chi connectivity index (χ1v) is 12.0. The fourth-order valence-corrected chi connectivity index (χ4v) is 5.56. The zero-order valence-electron chi connectivity index (χ0n) is 17.7. The Morgan fingerprint density at radius 2 is 1.97 bits per heavy atom. The minimum Gasteiger partial charge on any atom is -0.393 e. The molecular formula is C23H23ClN4O4S. The maximum atomic E-state index is 13.4.